The zero-order valence-electron chi connectivity index (χ0n) is 19.7. The zero-order chi connectivity index (χ0) is 22.8. The molecule has 3 rings (SSSR count). The van der Waals surface area contributed by atoms with Gasteiger partial charge in [0.1, 0.15) is 6.54 Å². The van der Waals surface area contributed by atoms with Crippen molar-refractivity contribution in [2.45, 2.75) is 32.7 Å². The van der Waals surface area contributed by atoms with Gasteiger partial charge in [-0.25, -0.2) is 9.79 Å². The highest BCUT2D eigenvalue weighted by atomic mass is 127. The number of anilines is 1. The third-order valence-electron chi connectivity index (χ3n) is 5.83. The van der Waals surface area contributed by atoms with Crippen molar-refractivity contribution < 1.29 is 14.3 Å². The lowest BCUT2D eigenvalue weighted by Crippen LogP contribution is -2.51. The average molecular weight is 572 g/mol. The van der Waals surface area contributed by atoms with E-state index in [2.05, 4.69) is 32.7 Å². The van der Waals surface area contributed by atoms with Crippen molar-refractivity contribution in [3.63, 3.8) is 0 Å². The molecule has 0 unspecified atom stereocenters. The molecule has 2 N–H and O–H groups in total. The summed E-state index contributed by atoms with van der Waals surface area (Å²) in [5.41, 5.74) is 1.20. The van der Waals surface area contributed by atoms with Gasteiger partial charge in [-0.05, 0) is 38.8 Å². The molecule has 2 saturated heterocycles. The largest absolute Gasteiger partial charge is 0.450 e. The molecule has 2 amide bonds. The first-order valence-corrected chi connectivity index (χ1v) is 11.6. The molecule has 0 spiro atoms. The van der Waals surface area contributed by atoms with Gasteiger partial charge < -0.3 is 30.1 Å². The number of hydrogen-bond donors (Lipinski definition) is 2. The first-order chi connectivity index (χ1) is 15.6. The Hall–Kier alpha value is -2.24. The lowest BCUT2D eigenvalue weighted by Gasteiger charge is -2.36. The lowest BCUT2D eigenvalue weighted by atomic mass is 10.1. The van der Waals surface area contributed by atoms with Gasteiger partial charge in [0, 0.05) is 57.5 Å². The van der Waals surface area contributed by atoms with E-state index >= 15 is 0 Å². The van der Waals surface area contributed by atoms with Crippen LogP contribution in [0.1, 0.15) is 26.7 Å². The van der Waals surface area contributed by atoms with Crippen LogP contribution in [0.2, 0.25) is 0 Å². The number of rotatable bonds is 6. The number of nitrogens with zero attached hydrogens (tertiary/aromatic N) is 4. The van der Waals surface area contributed by atoms with E-state index in [0.717, 1.165) is 32.5 Å². The number of benzene rings is 1. The number of para-hydroxylation sites is 1. The molecule has 2 aliphatic rings. The molecule has 0 aliphatic carbocycles. The Bertz CT molecular complexity index is 763. The van der Waals surface area contributed by atoms with Crippen LogP contribution in [0.3, 0.4) is 0 Å². The second-order valence-corrected chi connectivity index (χ2v) is 8.00. The van der Waals surface area contributed by atoms with Gasteiger partial charge in [-0.1, -0.05) is 18.2 Å². The second-order valence-electron chi connectivity index (χ2n) is 8.00. The number of guanidine groups is 1. The predicted molar refractivity (Wildman–Crippen MR) is 141 cm³/mol. The first kappa shape index (κ1) is 27.0. The maximum absolute atomic E-state index is 12.7. The van der Waals surface area contributed by atoms with E-state index in [9.17, 15) is 9.59 Å². The fraction of sp³-hybridized carbons (Fsp3) is 0.609. The molecule has 0 atom stereocenters. The van der Waals surface area contributed by atoms with Gasteiger partial charge in [0.15, 0.2) is 5.96 Å². The smallest absolute Gasteiger partial charge is 0.409 e. The molecule has 2 fully saturated rings. The number of hydrogen-bond acceptors (Lipinski definition) is 5. The SMILES string of the molecule is CCNC(=NCC(=O)N1CCN(c2ccccc2)CC1)NC1CCN(C(=O)OCC)CC1.I. The molecule has 2 heterocycles. The molecule has 2 aliphatic heterocycles. The molecular weight excluding hydrogens is 535 g/mol. The van der Waals surface area contributed by atoms with Crippen LogP contribution in [-0.2, 0) is 9.53 Å². The third kappa shape index (κ3) is 8.24. The number of carbonyl (C=O) groups is 2. The summed E-state index contributed by atoms with van der Waals surface area (Å²) in [4.78, 5) is 35.0. The van der Waals surface area contributed by atoms with E-state index in [1.807, 2.05) is 36.9 Å². The van der Waals surface area contributed by atoms with Crippen LogP contribution in [-0.4, -0.2) is 92.8 Å². The summed E-state index contributed by atoms with van der Waals surface area (Å²) in [6, 6.07) is 10.5. The van der Waals surface area contributed by atoms with E-state index in [0.29, 0.717) is 38.7 Å². The molecule has 0 radical (unpaired) electrons. The van der Waals surface area contributed by atoms with Crippen molar-refractivity contribution in [1.82, 2.24) is 20.4 Å². The monoisotopic (exact) mass is 572 g/mol. The first-order valence-electron chi connectivity index (χ1n) is 11.6. The summed E-state index contributed by atoms with van der Waals surface area (Å²) in [6.07, 6.45) is 1.39. The Balaban J connectivity index is 0.00000385. The Morgan fingerprint density at radius 2 is 1.67 bits per heavy atom. The summed E-state index contributed by atoms with van der Waals surface area (Å²) in [5, 5.41) is 6.64. The molecule has 0 saturated carbocycles. The van der Waals surface area contributed by atoms with Crippen molar-refractivity contribution in [1.29, 1.82) is 0 Å². The average Bonchev–Trinajstić information content (AvgIpc) is 2.84. The molecule has 10 heteroatoms. The predicted octanol–water partition coefficient (Wildman–Crippen LogP) is 2.13. The maximum Gasteiger partial charge on any atom is 0.409 e. The maximum atomic E-state index is 12.7. The van der Waals surface area contributed by atoms with Gasteiger partial charge in [-0.15, -0.1) is 24.0 Å². The summed E-state index contributed by atoms with van der Waals surface area (Å²) in [5.74, 6) is 0.699. The van der Waals surface area contributed by atoms with Crippen molar-refractivity contribution in [3.05, 3.63) is 30.3 Å². The van der Waals surface area contributed by atoms with E-state index in [4.69, 9.17) is 4.74 Å². The highest BCUT2D eigenvalue weighted by Gasteiger charge is 2.25. The highest BCUT2D eigenvalue weighted by Crippen LogP contribution is 2.15. The van der Waals surface area contributed by atoms with Crippen LogP contribution in [0.15, 0.2) is 35.3 Å². The van der Waals surface area contributed by atoms with Crippen molar-refractivity contribution in [2.75, 3.05) is 63.9 Å². The molecule has 9 nitrogen and oxygen atoms in total. The number of piperidine rings is 1. The second kappa shape index (κ2) is 14.1. The number of ether oxygens (including phenoxy) is 1. The quantitative estimate of drug-likeness (QED) is 0.309. The molecule has 1 aromatic rings. The molecular formula is C23H37IN6O3. The third-order valence-corrected chi connectivity index (χ3v) is 5.83. The van der Waals surface area contributed by atoms with Gasteiger partial charge in [-0.2, -0.15) is 0 Å². The number of halogens is 1. The van der Waals surface area contributed by atoms with Gasteiger partial charge in [0.05, 0.1) is 6.61 Å². The van der Waals surface area contributed by atoms with Gasteiger partial charge in [0.2, 0.25) is 5.91 Å². The normalized spacial score (nSPS) is 17.3. The summed E-state index contributed by atoms with van der Waals surface area (Å²) >= 11 is 0. The lowest BCUT2D eigenvalue weighted by molar-refractivity contribution is -0.129. The molecule has 0 aromatic heterocycles. The molecule has 1 aromatic carbocycles. The number of piperazine rings is 1. The Morgan fingerprint density at radius 1 is 1.00 bits per heavy atom. The van der Waals surface area contributed by atoms with E-state index in [1.165, 1.54) is 5.69 Å². The van der Waals surface area contributed by atoms with Crippen LogP contribution < -0.4 is 15.5 Å². The van der Waals surface area contributed by atoms with Crippen molar-refractivity contribution >= 4 is 47.6 Å². The fourth-order valence-corrected chi connectivity index (χ4v) is 4.03. The standard InChI is InChI=1S/C23H36N6O3.HI/c1-3-24-22(26-19-10-12-29(13-11-19)23(31)32-4-2)25-18-21(30)28-16-14-27(15-17-28)20-8-6-5-7-9-20;/h5-9,19H,3-4,10-18H2,1-2H3,(H2,24,25,26);1H. The van der Waals surface area contributed by atoms with Crippen LogP contribution in [0.5, 0.6) is 0 Å². The number of likely N-dealkylation sites (tertiary alicyclic amines) is 1. The van der Waals surface area contributed by atoms with E-state index in [-0.39, 0.29) is 48.6 Å². The summed E-state index contributed by atoms with van der Waals surface area (Å²) < 4.78 is 5.08. The Kier molecular flexibility index (Phi) is 11.6. The number of amides is 2. The Morgan fingerprint density at radius 3 is 2.27 bits per heavy atom. The van der Waals surface area contributed by atoms with Gasteiger partial charge in [-0.3, -0.25) is 4.79 Å². The Labute approximate surface area is 213 Å². The molecule has 0 bridgehead atoms. The summed E-state index contributed by atoms with van der Waals surface area (Å²) in [6.45, 7) is 9.44. The van der Waals surface area contributed by atoms with Crippen molar-refractivity contribution in [3.8, 4) is 0 Å². The van der Waals surface area contributed by atoms with Crippen LogP contribution in [0.25, 0.3) is 0 Å². The number of carbonyl (C=O) groups excluding carboxylic acids is 2. The fourth-order valence-electron chi connectivity index (χ4n) is 4.03. The van der Waals surface area contributed by atoms with E-state index in [1.54, 1.807) is 4.90 Å². The number of aliphatic imine (C=N–C) groups is 1. The zero-order valence-corrected chi connectivity index (χ0v) is 22.0. The van der Waals surface area contributed by atoms with Gasteiger partial charge in [0.25, 0.3) is 0 Å². The van der Waals surface area contributed by atoms with Crippen LogP contribution in [0, 0.1) is 0 Å². The minimum Gasteiger partial charge on any atom is -0.450 e. The van der Waals surface area contributed by atoms with Crippen LogP contribution >= 0.6 is 24.0 Å². The highest BCUT2D eigenvalue weighted by molar-refractivity contribution is 14.0. The summed E-state index contributed by atoms with van der Waals surface area (Å²) in [7, 11) is 0. The topological polar surface area (TPSA) is 89.5 Å². The minimum absolute atomic E-state index is 0. The minimum atomic E-state index is -0.246. The van der Waals surface area contributed by atoms with E-state index < -0.39 is 0 Å². The molecule has 33 heavy (non-hydrogen) atoms. The van der Waals surface area contributed by atoms with Gasteiger partial charge >= 0.3 is 6.09 Å². The van der Waals surface area contributed by atoms with Crippen LogP contribution in [0.4, 0.5) is 10.5 Å². The van der Waals surface area contributed by atoms with Crippen molar-refractivity contribution in [2.24, 2.45) is 4.99 Å². The molecule has 184 valence electrons. The number of nitrogens with one attached hydrogen (secondary N) is 2.